The zero-order valence-electron chi connectivity index (χ0n) is 9.04. The molecule has 1 fully saturated rings. The van der Waals surface area contributed by atoms with Crippen LogP contribution in [0.15, 0.2) is 24.3 Å². The van der Waals surface area contributed by atoms with Gasteiger partial charge in [-0.3, -0.25) is 0 Å². The van der Waals surface area contributed by atoms with Crippen LogP contribution in [0, 0.1) is 5.41 Å². The predicted octanol–water partition coefficient (Wildman–Crippen LogP) is 3.95. The third kappa shape index (κ3) is 2.04. The monoisotopic (exact) mass is 224 g/mol. The van der Waals surface area contributed by atoms with Gasteiger partial charge in [0.05, 0.1) is 6.10 Å². The van der Waals surface area contributed by atoms with Crippen molar-refractivity contribution in [1.29, 1.82) is 0 Å². The first kappa shape index (κ1) is 11.0. The number of rotatable bonds is 2. The molecule has 0 heterocycles. The minimum Gasteiger partial charge on any atom is -0.388 e. The predicted molar refractivity (Wildman–Crippen MR) is 63.0 cm³/mol. The third-order valence-corrected chi connectivity index (χ3v) is 3.95. The molecular weight excluding hydrogens is 208 g/mol. The van der Waals surface area contributed by atoms with Gasteiger partial charge in [0, 0.05) is 5.02 Å². The fourth-order valence-corrected chi connectivity index (χ4v) is 2.77. The average molecular weight is 225 g/mol. The maximum atomic E-state index is 10.4. The van der Waals surface area contributed by atoms with Crippen molar-refractivity contribution in [3.8, 4) is 0 Å². The van der Waals surface area contributed by atoms with E-state index in [1.54, 1.807) is 0 Å². The standard InChI is InChI=1S/C13H17ClO/c1-13(8-4-5-9-13)12(15)10-6-2-3-7-11(10)14/h2-3,6-7,12,15H,4-5,8-9H2,1H3. The van der Waals surface area contributed by atoms with Gasteiger partial charge in [0.1, 0.15) is 0 Å². The average Bonchev–Trinajstić information content (AvgIpc) is 2.66. The highest BCUT2D eigenvalue weighted by Crippen LogP contribution is 2.48. The summed E-state index contributed by atoms with van der Waals surface area (Å²) in [6.45, 7) is 2.16. The number of benzene rings is 1. The van der Waals surface area contributed by atoms with Crippen molar-refractivity contribution in [3.63, 3.8) is 0 Å². The van der Waals surface area contributed by atoms with Crippen LogP contribution in [0.1, 0.15) is 44.3 Å². The zero-order chi connectivity index (χ0) is 10.9. The van der Waals surface area contributed by atoms with Crippen LogP contribution in [0.2, 0.25) is 5.02 Å². The van der Waals surface area contributed by atoms with Gasteiger partial charge >= 0.3 is 0 Å². The Morgan fingerprint density at radius 1 is 1.27 bits per heavy atom. The van der Waals surface area contributed by atoms with E-state index in [-0.39, 0.29) is 5.41 Å². The SMILES string of the molecule is CC1(C(O)c2ccccc2Cl)CCCC1. The van der Waals surface area contributed by atoms with Crippen molar-refractivity contribution in [3.05, 3.63) is 34.9 Å². The number of aliphatic hydroxyl groups excluding tert-OH is 1. The number of aliphatic hydroxyl groups is 1. The molecule has 0 aromatic heterocycles. The summed E-state index contributed by atoms with van der Waals surface area (Å²) >= 11 is 6.10. The summed E-state index contributed by atoms with van der Waals surface area (Å²) in [7, 11) is 0. The normalized spacial score (nSPS) is 21.5. The van der Waals surface area contributed by atoms with Crippen molar-refractivity contribution in [1.82, 2.24) is 0 Å². The van der Waals surface area contributed by atoms with Crippen molar-refractivity contribution >= 4 is 11.6 Å². The lowest BCUT2D eigenvalue weighted by atomic mass is 9.79. The second kappa shape index (κ2) is 4.15. The molecule has 1 nitrogen and oxygen atoms in total. The first-order valence-corrected chi connectivity index (χ1v) is 5.94. The summed E-state index contributed by atoms with van der Waals surface area (Å²) in [5, 5.41) is 11.1. The minimum absolute atomic E-state index is 0.0188. The maximum Gasteiger partial charge on any atom is 0.0857 e. The van der Waals surface area contributed by atoms with E-state index < -0.39 is 6.10 Å². The van der Waals surface area contributed by atoms with E-state index in [4.69, 9.17) is 11.6 Å². The molecule has 0 radical (unpaired) electrons. The minimum atomic E-state index is -0.423. The molecule has 1 aromatic rings. The van der Waals surface area contributed by atoms with Gasteiger partial charge in [-0.1, -0.05) is 49.6 Å². The molecular formula is C13H17ClO. The van der Waals surface area contributed by atoms with E-state index in [1.807, 2.05) is 24.3 Å². The largest absolute Gasteiger partial charge is 0.388 e. The Balaban J connectivity index is 2.27. The summed E-state index contributed by atoms with van der Waals surface area (Å²) in [5.74, 6) is 0. The zero-order valence-corrected chi connectivity index (χ0v) is 9.80. The van der Waals surface area contributed by atoms with Crippen LogP contribution >= 0.6 is 11.6 Å². The molecule has 1 unspecified atom stereocenters. The molecule has 0 saturated heterocycles. The van der Waals surface area contributed by atoms with Crippen LogP contribution in [-0.2, 0) is 0 Å². The molecule has 1 N–H and O–H groups in total. The van der Waals surface area contributed by atoms with E-state index in [1.165, 1.54) is 12.8 Å². The molecule has 0 spiro atoms. The van der Waals surface area contributed by atoms with E-state index in [0.29, 0.717) is 5.02 Å². The molecule has 1 atom stereocenters. The third-order valence-electron chi connectivity index (χ3n) is 3.61. The summed E-state index contributed by atoms with van der Waals surface area (Å²) < 4.78 is 0. The summed E-state index contributed by atoms with van der Waals surface area (Å²) in [5.41, 5.74) is 0.897. The Kier molecular flexibility index (Phi) is 3.03. The van der Waals surface area contributed by atoms with Crippen LogP contribution in [0.4, 0.5) is 0 Å². The van der Waals surface area contributed by atoms with Crippen molar-refractivity contribution in [2.75, 3.05) is 0 Å². The highest BCUT2D eigenvalue weighted by Gasteiger charge is 2.37. The fraction of sp³-hybridized carbons (Fsp3) is 0.538. The topological polar surface area (TPSA) is 20.2 Å². The van der Waals surface area contributed by atoms with Gasteiger partial charge < -0.3 is 5.11 Å². The fourth-order valence-electron chi connectivity index (χ4n) is 2.53. The van der Waals surface area contributed by atoms with Crippen molar-refractivity contribution in [2.45, 2.75) is 38.7 Å². The Bertz CT molecular complexity index is 342. The molecule has 0 amide bonds. The Morgan fingerprint density at radius 3 is 2.47 bits per heavy atom. The highest BCUT2D eigenvalue weighted by atomic mass is 35.5. The van der Waals surface area contributed by atoms with Crippen molar-refractivity contribution in [2.24, 2.45) is 5.41 Å². The Morgan fingerprint density at radius 2 is 1.87 bits per heavy atom. The molecule has 1 aliphatic carbocycles. The van der Waals surface area contributed by atoms with E-state index in [9.17, 15) is 5.11 Å². The Labute approximate surface area is 96.1 Å². The molecule has 2 rings (SSSR count). The second-order valence-corrected chi connectivity index (χ2v) is 5.19. The second-order valence-electron chi connectivity index (χ2n) is 4.79. The first-order chi connectivity index (χ1) is 7.13. The van der Waals surface area contributed by atoms with Crippen LogP contribution in [-0.4, -0.2) is 5.11 Å². The number of halogens is 1. The van der Waals surface area contributed by atoms with Gasteiger partial charge in [-0.05, 0) is 29.9 Å². The van der Waals surface area contributed by atoms with Crippen molar-refractivity contribution < 1.29 is 5.11 Å². The van der Waals surface area contributed by atoms with Crippen LogP contribution in [0.25, 0.3) is 0 Å². The summed E-state index contributed by atoms with van der Waals surface area (Å²) in [6.07, 6.45) is 4.21. The molecule has 1 saturated carbocycles. The molecule has 82 valence electrons. The Hall–Kier alpha value is -0.530. The summed E-state index contributed by atoms with van der Waals surface area (Å²) in [6, 6.07) is 7.60. The molecule has 15 heavy (non-hydrogen) atoms. The van der Waals surface area contributed by atoms with Gasteiger partial charge in [0.2, 0.25) is 0 Å². The van der Waals surface area contributed by atoms with Crippen LogP contribution < -0.4 is 0 Å². The molecule has 0 bridgehead atoms. The number of hydrogen-bond acceptors (Lipinski definition) is 1. The lowest BCUT2D eigenvalue weighted by Gasteiger charge is -2.30. The number of hydrogen-bond donors (Lipinski definition) is 1. The van der Waals surface area contributed by atoms with E-state index in [2.05, 4.69) is 6.92 Å². The van der Waals surface area contributed by atoms with Gasteiger partial charge in [0.25, 0.3) is 0 Å². The maximum absolute atomic E-state index is 10.4. The van der Waals surface area contributed by atoms with E-state index >= 15 is 0 Å². The van der Waals surface area contributed by atoms with Gasteiger partial charge in [-0.25, -0.2) is 0 Å². The quantitative estimate of drug-likeness (QED) is 0.807. The van der Waals surface area contributed by atoms with E-state index in [0.717, 1.165) is 18.4 Å². The molecule has 1 aliphatic rings. The van der Waals surface area contributed by atoms with Gasteiger partial charge in [-0.15, -0.1) is 0 Å². The molecule has 0 aliphatic heterocycles. The van der Waals surface area contributed by atoms with Crippen LogP contribution in [0.5, 0.6) is 0 Å². The van der Waals surface area contributed by atoms with Gasteiger partial charge in [0.15, 0.2) is 0 Å². The van der Waals surface area contributed by atoms with Gasteiger partial charge in [-0.2, -0.15) is 0 Å². The molecule has 1 aromatic carbocycles. The lowest BCUT2D eigenvalue weighted by Crippen LogP contribution is -2.22. The summed E-state index contributed by atoms with van der Waals surface area (Å²) in [4.78, 5) is 0. The lowest BCUT2D eigenvalue weighted by molar-refractivity contribution is 0.0409. The molecule has 2 heteroatoms. The first-order valence-electron chi connectivity index (χ1n) is 5.56. The van der Waals surface area contributed by atoms with Crippen LogP contribution in [0.3, 0.4) is 0 Å². The highest BCUT2D eigenvalue weighted by molar-refractivity contribution is 6.31. The smallest absolute Gasteiger partial charge is 0.0857 e.